The molecular weight excluding hydrogens is 276 g/mol. The first-order chi connectivity index (χ1) is 10.0. The number of carboxylic acid groups (broad SMARTS) is 1. The Morgan fingerprint density at radius 1 is 1.57 bits per heavy atom. The smallest absolute Gasteiger partial charge is 0.404 e. The Morgan fingerprint density at radius 2 is 2.38 bits per heavy atom. The number of carbonyl (C=O) groups is 1. The number of hydrogen-bond donors (Lipinski definition) is 3. The van der Waals surface area contributed by atoms with Gasteiger partial charge in [0, 0.05) is 26.2 Å². The van der Waals surface area contributed by atoms with E-state index in [1.54, 1.807) is 13.2 Å². The normalized spacial score (nSPS) is 18.9. The molecule has 21 heavy (non-hydrogen) atoms. The van der Waals surface area contributed by atoms with E-state index in [2.05, 4.69) is 20.4 Å². The van der Waals surface area contributed by atoms with Gasteiger partial charge in [-0.15, -0.1) is 0 Å². The standard InChI is InChI=1S/C12H16N6O3/c1-17-10(19)9-8(5-13-17)15-11(16-9)18-4-2-3-7(6-18)14-12(20)21/h5,7,14H,2-4,6H2,1H3,(H,15,16)(H,20,21). The number of rotatable bonds is 2. The fourth-order valence-corrected chi connectivity index (χ4v) is 2.59. The molecule has 1 unspecified atom stereocenters. The van der Waals surface area contributed by atoms with Crippen molar-refractivity contribution >= 4 is 23.1 Å². The summed E-state index contributed by atoms with van der Waals surface area (Å²) in [6.07, 6.45) is 2.19. The highest BCUT2D eigenvalue weighted by molar-refractivity contribution is 5.75. The first kappa shape index (κ1) is 13.4. The molecular formula is C12H16N6O3. The van der Waals surface area contributed by atoms with Gasteiger partial charge in [-0.05, 0) is 12.8 Å². The number of fused-ring (bicyclic) bond motifs is 1. The molecule has 0 saturated carbocycles. The molecule has 0 aliphatic carbocycles. The number of piperidine rings is 1. The summed E-state index contributed by atoms with van der Waals surface area (Å²) in [7, 11) is 1.57. The van der Waals surface area contributed by atoms with E-state index in [1.807, 2.05) is 4.90 Å². The van der Waals surface area contributed by atoms with Crippen LogP contribution in [0.2, 0.25) is 0 Å². The van der Waals surface area contributed by atoms with Crippen molar-refractivity contribution in [2.24, 2.45) is 7.05 Å². The van der Waals surface area contributed by atoms with Gasteiger partial charge in [0.2, 0.25) is 5.95 Å². The first-order valence-corrected chi connectivity index (χ1v) is 6.71. The molecule has 3 heterocycles. The third-order valence-corrected chi connectivity index (χ3v) is 3.62. The summed E-state index contributed by atoms with van der Waals surface area (Å²) in [5, 5.41) is 15.2. The van der Waals surface area contributed by atoms with Crippen LogP contribution in [0.25, 0.3) is 11.0 Å². The van der Waals surface area contributed by atoms with Crippen LogP contribution >= 0.6 is 0 Å². The molecule has 0 aromatic carbocycles. The van der Waals surface area contributed by atoms with Gasteiger partial charge in [0.25, 0.3) is 5.56 Å². The monoisotopic (exact) mass is 292 g/mol. The van der Waals surface area contributed by atoms with Crippen molar-refractivity contribution in [1.82, 2.24) is 25.1 Å². The van der Waals surface area contributed by atoms with E-state index >= 15 is 0 Å². The molecule has 0 spiro atoms. The molecule has 0 bridgehead atoms. The Bertz CT molecular complexity index is 736. The number of aryl methyl sites for hydroxylation is 1. The predicted octanol–water partition coefficient (Wildman–Crippen LogP) is -0.107. The molecule has 1 amide bonds. The predicted molar refractivity (Wildman–Crippen MR) is 75.5 cm³/mol. The first-order valence-electron chi connectivity index (χ1n) is 6.71. The van der Waals surface area contributed by atoms with Crippen LogP contribution in [0, 0.1) is 0 Å². The van der Waals surface area contributed by atoms with Crippen LogP contribution in [0.3, 0.4) is 0 Å². The summed E-state index contributed by atoms with van der Waals surface area (Å²) >= 11 is 0. The second-order valence-electron chi connectivity index (χ2n) is 5.13. The van der Waals surface area contributed by atoms with E-state index in [1.165, 1.54) is 4.68 Å². The van der Waals surface area contributed by atoms with E-state index < -0.39 is 6.09 Å². The lowest BCUT2D eigenvalue weighted by atomic mass is 10.1. The largest absolute Gasteiger partial charge is 0.465 e. The average molecular weight is 292 g/mol. The fourth-order valence-electron chi connectivity index (χ4n) is 2.59. The lowest BCUT2D eigenvalue weighted by molar-refractivity contribution is 0.188. The number of aromatic amines is 1. The second kappa shape index (κ2) is 5.08. The number of amides is 1. The molecule has 0 radical (unpaired) electrons. The van der Waals surface area contributed by atoms with Crippen LogP contribution in [-0.4, -0.2) is 50.1 Å². The number of hydrogen-bond acceptors (Lipinski definition) is 5. The number of nitrogens with one attached hydrogen (secondary N) is 2. The number of H-pyrrole nitrogens is 1. The molecule has 1 saturated heterocycles. The minimum absolute atomic E-state index is 0.134. The molecule has 1 aliphatic heterocycles. The van der Waals surface area contributed by atoms with Gasteiger partial charge in [0.1, 0.15) is 0 Å². The topological polar surface area (TPSA) is 116 Å². The van der Waals surface area contributed by atoms with E-state index in [4.69, 9.17) is 5.11 Å². The summed E-state index contributed by atoms with van der Waals surface area (Å²) < 4.78 is 1.23. The van der Waals surface area contributed by atoms with Crippen molar-refractivity contribution in [2.75, 3.05) is 18.0 Å². The molecule has 112 valence electrons. The van der Waals surface area contributed by atoms with E-state index in [-0.39, 0.29) is 11.6 Å². The van der Waals surface area contributed by atoms with Crippen LogP contribution in [-0.2, 0) is 7.05 Å². The Labute approximate surface area is 119 Å². The Hall–Kier alpha value is -2.58. The zero-order valence-corrected chi connectivity index (χ0v) is 11.5. The molecule has 9 nitrogen and oxygen atoms in total. The number of nitrogens with zero attached hydrogens (tertiary/aromatic N) is 4. The van der Waals surface area contributed by atoms with Crippen LogP contribution in [0.4, 0.5) is 10.7 Å². The SMILES string of the molecule is Cn1ncc2[nH]c(N3CCCC(NC(=O)O)C3)nc2c1=O. The third kappa shape index (κ3) is 2.54. The molecule has 2 aromatic rings. The number of aromatic nitrogens is 4. The van der Waals surface area contributed by atoms with Crippen molar-refractivity contribution in [3.05, 3.63) is 16.6 Å². The maximum absolute atomic E-state index is 11.9. The van der Waals surface area contributed by atoms with Gasteiger partial charge in [0.15, 0.2) is 5.52 Å². The Morgan fingerprint density at radius 3 is 3.14 bits per heavy atom. The van der Waals surface area contributed by atoms with Crippen molar-refractivity contribution in [2.45, 2.75) is 18.9 Å². The molecule has 1 fully saturated rings. The highest BCUT2D eigenvalue weighted by atomic mass is 16.4. The summed E-state index contributed by atoms with van der Waals surface area (Å²) in [4.78, 5) is 32.0. The van der Waals surface area contributed by atoms with Crippen LogP contribution < -0.4 is 15.8 Å². The Kier molecular flexibility index (Phi) is 3.24. The van der Waals surface area contributed by atoms with Gasteiger partial charge in [0.05, 0.1) is 11.7 Å². The summed E-state index contributed by atoms with van der Waals surface area (Å²) in [5.74, 6) is 0.576. The molecule has 9 heteroatoms. The molecule has 1 atom stereocenters. The van der Waals surface area contributed by atoms with E-state index in [0.29, 0.717) is 23.5 Å². The third-order valence-electron chi connectivity index (χ3n) is 3.62. The fraction of sp³-hybridized carbons (Fsp3) is 0.500. The Balaban J connectivity index is 1.88. The van der Waals surface area contributed by atoms with Gasteiger partial charge in [-0.3, -0.25) is 4.79 Å². The van der Waals surface area contributed by atoms with Crippen molar-refractivity contribution in [1.29, 1.82) is 0 Å². The van der Waals surface area contributed by atoms with E-state index in [0.717, 1.165) is 19.4 Å². The zero-order chi connectivity index (χ0) is 15.0. The quantitative estimate of drug-likeness (QED) is 0.711. The number of imidazole rings is 1. The van der Waals surface area contributed by atoms with Crippen LogP contribution in [0.1, 0.15) is 12.8 Å². The van der Waals surface area contributed by atoms with Crippen molar-refractivity contribution < 1.29 is 9.90 Å². The molecule has 1 aliphatic rings. The summed E-state index contributed by atoms with van der Waals surface area (Å²) in [6.45, 7) is 1.30. The van der Waals surface area contributed by atoms with E-state index in [9.17, 15) is 9.59 Å². The minimum atomic E-state index is -1.02. The average Bonchev–Trinajstić information content (AvgIpc) is 2.87. The minimum Gasteiger partial charge on any atom is -0.465 e. The summed E-state index contributed by atoms with van der Waals surface area (Å²) in [5.41, 5.74) is 0.671. The van der Waals surface area contributed by atoms with Crippen LogP contribution in [0.5, 0.6) is 0 Å². The van der Waals surface area contributed by atoms with Crippen molar-refractivity contribution in [3.8, 4) is 0 Å². The lowest BCUT2D eigenvalue weighted by Gasteiger charge is -2.32. The number of anilines is 1. The lowest BCUT2D eigenvalue weighted by Crippen LogP contribution is -2.47. The molecule has 3 rings (SSSR count). The summed E-state index contributed by atoms with van der Waals surface area (Å²) in [6, 6.07) is -0.134. The maximum atomic E-state index is 11.9. The highest BCUT2D eigenvalue weighted by Crippen LogP contribution is 2.19. The highest BCUT2D eigenvalue weighted by Gasteiger charge is 2.23. The van der Waals surface area contributed by atoms with Gasteiger partial charge < -0.3 is 20.3 Å². The van der Waals surface area contributed by atoms with Gasteiger partial charge in [-0.25, -0.2) is 14.5 Å². The zero-order valence-electron chi connectivity index (χ0n) is 11.5. The maximum Gasteiger partial charge on any atom is 0.404 e. The second-order valence-corrected chi connectivity index (χ2v) is 5.13. The molecule has 2 aromatic heterocycles. The van der Waals surface area contributed by atoms with Gasteiger partial charge in [-0.2, -0.15) is 5.10 Å². The van der Waals surface area contributed by atoms with Crippen LogP contribution in [0.15, 0.2) is 11.0 Å². The van der Waals surface area contributed by atoms with Gasteiger partial charge >= 0.3 is 6.09 Å². The van der Waals surface area contributed by atoms with Gasteiger partial charge in [-0.1, -0.05) is 0 Å². The van der Waals surface area contributed by atoms with Crippen molar-refractivity contribution in [3.63, 3.8) is 0 Å². The molecule has 3 N–H and O–H groups in total.